The third-order valence-corrected chi connectivity index (χ3v) is 7.23. The molecule has 34 heavy (non-hydrogen) atoms. The van der Waals surface area contributed by atoms with Crippen LogP contribution in [0.2, 0.25) is 0 Å². The topological polar surface area (TPSA) is 81.3 Å². The highest BCUT2D eigenvalue weighted by atomic mass is 32.2. The van der Waals surface area contributed by atoms with Gasteiger partial charge in [0, 0.05) is 23.9 Å². The second-order valence-corrected chi connectivity index (χ2v) is 9.62. The van der Waals surface area contributed by atoms with Crippen molar-refractivity contribution in [3.63, 3.8) is 0 Å². The van der Waals surface area contributed by atoms with Crippen LogP contribution in [0.5, 0.6) is 0 Å². The maximum absolute atomic E-state index is 13.6. The molecule has 0 atom stereocenters. The summed E-state index contributed by atoms with van der Waals surface area (Å²) in [5, 5.41) is 12.9. The van der Waals surface area contributed by atoms with Crippen molar-refractivity contribution in [2.75, 3.05) is 0 Å². The number of halogens is 1. The van der Waals surface area contributed by atoms with E-state index in [4.69, 9.17) is 0 Å². The van der Waals surface area contributed by atoms with Gasteiger partial charge in [0.2, 0.25) is 5.78 Å². The molecule has 1 fully saturated rings. The zero-order valence-corrected chi connectivity index (χ0v) is 19.8. The zero-order valence-electron chi connectivity index (χ0n) is 19.0. The van der Waals surface area contributed by atoms with Gasteiger partial charge in [-0.05, 0) is 55.2 Å². The predicted molar refractivity (Wildman–Crippen MR) is 131 cm³/mol. The average Bonchev–Trinajstić information content (AvgIpc) is 3.50. The number of hydrogen-bond donors (Lipinski definition) is 1. The number of benzene rings is 2. The van der Waals surface area contributed by atoms with E-state index in [-0.39, 0.29) is 23.3 Å². The summed E-state index contributed by atoms with van der Waals surface area (Å²) in [5.74, 6) is 0.509. The Morgan fingerprint density at radius 3 is 2.76 bits per heavy atom. The maximum atomic E-state index is 13.6. The molecular weight excluding hydrogens is 453 g/mol. The van der Waals surface area contributed by atoms with Crippen LogP contribution in [-0.4, -0.2) is 31.1 Å². The van der Waals surface area contributed by atoms with Gasteiger partial charge in [-0.15, -0.1) is 10.2 Å². The van der Waals surface area contributed by atoms with Crippen LogP contribution in [0.3, 0.4) is 0 Å². The molecule has 7 nitrogen and oxygen atoms in total. The second kappa shape index (κ2) is 9.58. The molecule has 176 valence electrons. The van der Waals surface area contributed by atoms with Crippen LogP contribution in [0, 0.1) is 5.82 Å². The molecule has 2 aromatic heterocycles. The lowest BCUT2D eigenvalue weighted by atomic mass is 10.1. The normalized spacial score (nSPS) is 14.3. The van der Waals surface area contributed by atoms with Crippen molar-refractivity contribution in [3.8, 4) is 0 Å². The van der Waals surface area contributed by atoms with Gasteiger partial charge >= 0.3 is 0 Å². The summed E-state index contributed by atoms with van der Waals surface area (Å²) in [4.78, 5) is 26.2. The molecule has 4 aromatic rings. The number of amides is 1. The molecule has 0 saturated heterocycles. The Kier molecular flexibility index (Phi) is 6.36. The van der Waals surface area contributed by atoms with E-state index in [0.717, 1.165) is 37.7 Å². The van der Waals surface area contributed by atoms with Gasteiger partial charge in [0.25, 0.3) is 11.5 Å². The number of carbonyl (C=O) groups excluding carboxylic acids is 1. The van der Waals surface area contributed by atoms with Crippen LogP contribution in [0.1, 0.15) is 54.9 Å². The Morgan fingerprint density at radius 2 is 2.00 bits per heavy atom. The van der Waals surface area contributed by atoms with Crippen molar-refractivity contribution < 1.29 is 9.18 Å². The summed E-state index contributed by atoms with van der Waals surface area (Å²) >= 11 is 1.41. The van der Waals surface area contributed by atoms with Crippen LogP contribution in [0.15, 0.2) is 52.4 Å². The first-order chi connectivity index (χ1) is 16.5. The minimum Gasteiger partial charge on any atom is -0.349 e. The van der Waals surface area contributed by atoms with Crippen molar-refractivity contribution >= 4 is 34.3 Å². The highest BCUT2D eigenvalue weighted by molar-refractivity contribution is 7.98. The Bertz CT molecular complexity index is 1420. The van der Waals surface area contributed by atoms with Gasteiger partial charge < -0.3 is 5.32 Å². The lowest BCUT2D eigenvalue weighted by Gasteiger charge is -2.14. The molecule has 0 unspecified atom stereocenters. The van der Waals surface area contributed by atoms with Gasteiger partial charge in [-0.25, -0.2) is 4.39 Å². The minimum absolute atomic E-state index is 0.137. The monoisotopic (exact) mass is 479 g/mol. The van der Waals surface area contributed by atoms with Gasteiger partial charge in [0.05, 0.1) is 10.9 Å². The first-order valence-corrected chi connectivity index (χ1v) is 12.6. The van der Waals surface area contributed by atoms with Crippen molar-refractivity contribution in [2.45, 2.75) is 62.5 Å². The highest BCUT2D eigenvalue weighted by Crippen LogP contribution is 2.26. The third kappa shape index (κ3) is 4.32. The Balaban J connectivity index is 1.59. The number of hydrogen-bond acceptors (Lipinski definition) is 5. The van der Waals surface area contributed by atoms with Crippen LogP contribution >= 0.6 is 11.8 Å². The largest absolute Gasteiger partial charge is 0.349 e. The molecule has 2 aromatic carbocycles. The Labute approximate surface area is 200 Å². The summed E-state index contributed by atoms with van der Waals surface area (Å²) in [6.45, 7) is 2.51. The number of thioether (sulfide) groups is 1. The van der Waals surface area contributed by atoms with Crippen LogP contribution in [-0.2, 0) is 12.3 Å². The summed E-state index contributed by atoms with van der Waals surface area (Å²) in [5.41, 5.74) is 1.77. The smallest absolute Gasteiger partial charge is 0.262 e. The van der Waals surface area contributed by atoms with E-state index in [0.29, 0.717) is 39.7 Å². The molecule has 2 heterocycles. The van der Waals surface area contributed by atoms with Crippen LogP contribution in [0.4, 0.5) is 4.39 Å². The summed E-state index contributed by atoms with van der Waals surface area (Å²) < 4.78 is 17.1. The quantitative estimate of drug-likeness (QED) is 0.393. The molecule has 0 bridgehead atoms. The Hall–Kier alpha value is -3.20. The van der Waals surface area contributed by atoms with E-state index in [1.807, 2.05) is 17.4 Å². The lowest BCUT2D eigenvalue weighted by Crippen LogP contribution is -2.32. The number of nitrogens with zero attached hydrogens (tertiary/aromatic N) is 4. The molecule has 9 heteroatoms. The maximum Gasteiger partial charge on any atom is 0.262 e. The van der Waals surface area contributed by atoms with E-state index >= 15 is 0 Å². The first kappa shape index (κ1) is 22.6. The van der Waals surface area contributed by atoms with Gasteiger partial charge in [-0.1, -0.05) is 43.7 Å². The van der Waals surface area contributed by atoms with Gasteiger partial charge in [-0.3, -0.25) is 18.6 Å². The second-order valence-electron chi connectivity index (χ2n) is 8.68. The zero-order chi connectivity index (χ0) is 23.7. The van der Waals surface area contributed by atoms with Crippen molar-refractivity contribution in [1.82, 2.24) is 24.5 Å². The molecular formula is C25H26FN5O2S. The van der Waals surface area contributed by atoms with Gasteiger partial charge in [-0.2, -0.15) is 0 Å². The minimum atomic E-state index is -0.288. The fraction of sp³-hybridized carbons (Fsp3) is 0.360. The fourth-order valence-electron chi connectivity index (χ4n) is 4.55. The lowest BCUT2D eigenvalue weighted by molar-refractivity contribution is 0.0938. The van der Waals surface area contributed by atoms with Crippen molar-refractivity contribution in [2.24, 2.45) is 0 Å². The molecule has 1 N–H and O–H groups in total. The number of rotatable bonds is 7. The van der Waals surface area contributed by atoms with E-state index in [2.05, 4.69) is 15.5 Å². The number of aryl methyl sites for hydroxylation is 1. The average molecular weight is 480 g/mol. The van der Waals surface area contributed by atoms with Crippen LogP contribution < -0.4 is 10.9 Å². The summed E-state index contributed by atoms with van der Waals surface area (Å²) in [6.07, 6.45) is 5.02. The summed E-state index contributed by atoms with van der Waals surface area (Å²) in [6, 6.07) is 11.8. The van der Waals surface area contributed by atoms with E-state index in [1.165, 1.54) is 23.9 Å². The molecule has 1 aliphatic carbocycles. The fourth-order valence-corrected chi connectivity index (χ4v) is 5.44. The molecule has 1 aliphatic rings. The molecule has 0 radical (unpaired) electrons. The molecule has 0 aliphatic heterocycles. The molecule has 1 saturated carbocycles. The van der Waals surface area contributed by atoms with Gasteiger partial charge in [0.1, 0.15) is 5.82 Å². The molecule has 5 rings (SSSR count). The third-order valence-electron chi connectivity index (χ3n) is 6.23. The van der Waals surface area contributed by atoms with Crippen molar-refractivity contribution in [1.29, 1.82) is 0 Å². The standard InChI is InChI=1S/C25H26FN5O2S/c1-2-12-30-23(33)20-11-10-17(22(32)27-19-8-3-4-9-19)14-21(20)31-24(30)28-29-25(31)34-15-16-6-5-7-18(26)13-16/h5-7,10-11,13-14,19H,2-4,8-9,12,15H2,1H3,(H,27,32). The number of nitrogens with one attached hydrogen (secondary N) is 1. The number of fused-ring (bicyclic) bond motifs is 3. The van der Waals surface area contributed by atoms with Crippen LogP contribution in [0.25, 0.3) is 16.7 Å². The molecule has 0 spiro atoms. The highest BCUT2D eigenvalue weighted by Gasteiger charge is 2.21. The van der Waals surface area contributed by atoms with E-state index < -0.39 is 0 Å². The predicted octanol–water partition coefficient (Wildman–Crippen LogP) is 4.56. The number of aromatic nitrogens is 4. The van der Waals surface area contributed by atoms with Crippen molar-refractivity contribution in [3.05, 3.63) is 69.8 Å². The first-order valence-electron chi connectivity index (χ1n) is 11.6. The Morgan fingerprint density at radius 1 is 1.18 bits per heavy atom. The van der Waals surface area contributed by atoms with Gasteiger partial charge in [0.15, 0.2) is 5.16 Å². The SMILES string of the molecule is CCCn1c(=O)c2ccc(C(=O)NC3CCCC3)cc2n2c(SCc3cccc(F)c3)nnc12. The van der Waals surface area contributed by atoms with E-state index in [9.17, 15) is 14.0 Å². The van der Waals surface area contributed by atoms with E-state index in [1.54, 1.807) is 28.8 Å². The number of carbonyl (C=O) groups is 1. The molecule has 1 amide bonds. The summed E-state index contributed by atoms with van der Waals surface area (Å²) in [7, 11) is 0.